The number of hydrogen-bond acceptors (Lipinski definition) is 4. The molecule has 0 bridgehead atoms. The lowest BCUT2D eigenvalue weighted by Crippen LogP contribution is -2.58. The number of hydrogen-bond donors (Lipinski definition) is 3. The molecule has 0 aliphatic heterocycles. The summed E-state index contributed by atoms with van der Waals surface area (Å²) in [6.45, 7) is 1.07. The highest BCUT2D eigenvalue weighted by Crippen LogP contribution is 2.32. The number of carbonyl (C=O) groups is 2. The molecule has 236 valence electrons. The molecule has 2 amide bonds. The van der Waals surface area contributed by atoms with Gasteiger partial charge in [-0.2, -0.15) is 4.99 Å². The number of amidine groups is 1. The molecule has 0 saturated carbocycles. The monoisotopic (exact) mass is 622 g/mol. The van der Waals surface area contributed by atoms with Gasteiger partial charge >= 0.3 is 6.09 Å². The number of rotatable bonds is 11. The standard InChI is InChI=1S/C40H38N4O3/c41-37(44-39(46)47-28-30-12-4-1-5-13-30)33-22-20-29(21-23-33)26-42-38(45)40(24-34-18-10-11-19-35(34)25-40)43-27-36(31-14-6-2-7-15-31)32-16-8-3-9-17-32/h1-23,36,43H,24-28H2,(H,42,45)(H2,41,44,46). The zero-order valence-electron chi connectivity index (χ0n) is 26.1. The van der Waals surface area contributed by atoms with Crippen molar-refractivity contribution < 1.29 is 14.3 Å². The summed E-state index contributed by atoms with van der Waals surface area (Å²) in [6, 6.07) is 45.8. The predicted molar refractivity (Wildman–Crippen MR) is 185 cm³/mol. The van der Waals surface area contributed by atoms with Gasteiger partial charge in [-0.1, -0.05) is 140 Å². The molecule has 7 nitrogen and oxygen atoms in total. The molecule has 7 heteroatoms. The van der Waals surface area contributed by atoms with Crippen molar-refractivity contribution in [3.05, 3.63) is 178 Å². The molecular formula is C40H38N4O3. The van der Waals surface area contributed by atoms with E-state index in [1.54, 1.807) is 12.1 Å². The van der Waals surface area contributed by atoms with Crippen LogP contribution in [0.4, 0.5) is 4.79 Å². The number of amides is 2. The lowest BCUT2D eigenvalue weighted by molar-refractivity contribution is -0.127. The van der Waals surface area contributed by atoms with Crippen LogP contribution < -0.4 is 16.4 Å². The number of benzene rings is 5. The Balaban J connectivity index is 1.12. The summed E-state index contributed by atoms with van der Waals surface area (Å²) in [5, 5.41) is 6.95. The van der Waals surface area contributed by atoms with Gasteiger partial charge in [0.25, 0.3) is 0 Å². The first-order chi connectivity index (χ1) is 23.0. The predicted octanol–water partition coefficient (Wildman–Crippen LogP) is 6.30. The van der Waals surface area contributed by atoms with Crippen LogP contribution in [0.3, 0.4) is 0 Å². The molecule has 0 unspecified atom stereocenters. The second-order valence-corrected chi connectivity index (χ2v) is 11.9. The van der Waals surface area contributed by atoms with Gasteiger partial charge in [0.15, 0.2) is 0 Å². The van der Waals surface area contributed by atoms with E-state index in [0.717, 1.165) is 11.1 Å². The SMILES string of the molecule is NC(=NC(=O)OCc1ccccc1)c1ccc(CNC(=O)C2(NCC(c3ccccc3)c3ccccc3)Cc3ccccc3C2)cc1. The third-order valence-corrected chi connectivity index (χ3v) is 8.71. The molecule has 0 aromatic heterocycles. The van der Waals surface area contributed by atoms with Gasteiger partial charge in [-0.05, 0) is 33.4 Å². The van der Waals surface area contributed by atoms with Gasteiger partial charge in [-0.3, -0.25) is 4.79 Å². The molecule has 0 radical (unpaired) electrons. The minimum absolute atomic E-state index is 0.0418. The van der Waals surface area contributed by atoms with Gasteiger partial charge in [0.2, 0.25) is 5.91 Å². The highest BCUT2D eigenvalue weighted by atomic mass is 16.5. The molecule has 0 atom stereocenters. The fourth-order valence-electron chi connectivity index (χ4n) is 6.14. The highest BCUT2D eigenvalue weighted by Gasteiger charge is 2.43. The Bertz CT molecular complexity index is 1760. The zero-order chi connectivity index (χ0) is 32.5. The van der Waals surface area contributed by atoms with E-state index in [9.17, 15) is 9.59 Å². The second-order valence-electron chi connectivity index (χ2n) is 11.9. The van der Waals surface area contributed by atoms with E-state index in [1.165, 1.54) is 22.3 Å². The van der Waals surface area contributed by atoms with E-state index in [-0.39, 0.29) is 24.3 Å². The molecule has 0 saturated heterocycles. The van der Waals surface area contributed by atoms with Crippen molar-refractivity contribution in [1.29, 1.82) is 0 Å². The van der Waals surface area contributed by atoms with Gasteiger partial charge < -0.3 is 21.1 Å². The molecule has 4 N–H and O–H groups in total. The van der Waals surface area contributed by atoms with Crippen LogP contribution in [0.15, 0.2) is 145 Å². The van der Waals surface area contributed by atoms with Gasteiger partial charge in [-0.25, -0.2) is 4.79 Å². The smallest absolute Gasteiger partial charge is 0.435 e. The Morgan fingerprint density at radius 3 is 1.81 bits per heavy atom. The topological polar surface area (TPSA) is 106 Å². The number of nitrogens with zero attached hydrogens (tertiary/aromatic N) is 1. The van der Waals surface area contributed by atoms with Crippen molar-refractivity contribution in [3.8, 4) is 0 Å². The van der Waals surface area contributed by atoms with Crippen molar-refractivity contribution in [1.82, 2.24) is 10.6 Å². The molecule has 5 aromatic carbocycles. The summed E-state index contributed by atoms with van der Waals surface area (Å²) < 4.78 is 5.22. The summed E-state index contributed by atoms with van der Waals surface area (Å²) >= 11 is 0. The van der Waals surface area contributed by atoms with Crippen LogP contribution in [0.25, 0.3) is 0 Å². The Hall–Kier alpha value is -5.53. The van der Waals surface area contributed by atoms with E-state index in [4.69, 9.17) is 10.5 Å². The number of nitrogens with one attached hydrogen (secondary N) is 2. The average Bonchev–Trinajstić information content (AvgIpc) is 3.51. The van der Waals surface area contributed by atoms with E-state index in [2.05, 4.69) is 76.3 Å². The largest absolute Gasteiger partial charge is 0.443 e. The maximum Gasteiger partial charge on any atom is 0.435 e. The third kappa shape index (κ3) is 7.83. The van der Waals surface area contributed by atoms with E-state index in [0.29, 0.717) is 31.5 Å². The normalized spacial score (nSPS) is 13.6. The van der Waals surface area contributed by atoms with Crippen molar-refractivity contribution in [3.63, 3.8) is 0 Å². The Morgan fingerprint density at radius 1 is 0.702 bits per heavy atom. The van der Waals surface area contributed by atoms with Crippen molar-refractivity contribution >= 4 is 17.8 Å². The maximum absolute atomic E-state index is 14.1. The second kappa shape index (κ2) is 14.7. The minimum Gasteiger partial charge on any atom is -0.443 e. The molecule has 1 aliphatic carbocycles. The summed E-state index contributed by atoms with van der Waals surface area (Å²) in [5.41, 5.74) is 12.4. The summed E-state index contributed by atoms with van der Waals surface area (Å²) in [7, 11) is 0. The van der Waals surface area contributed by atoms with Crippen LogP contribution in [0.5, 0.6) is 0 Å². The number of nitrogens with two attached hydrogens (primary N) is 1. The maximum atomic E-state index is 14.1. The van der Waals surface area contributed by atoms with Crippen molar-refractivity contribution in [2.45, 2.75) is 37.5 Å². The van der Waals surface area contributed by atoms with Crippen LogP contribution in [0, 0.1) is 0 Å². The van der Waals surface area contributed by atoms with E-state index >= 15 is 0 Å². The fraction of sp³-hybridized carbons (Fsp3) is 0.175. The molecular weight excluding hydrogens is 584 g/mol. The number of aliphatic imine (C=N–C) groups is 1. The summed E-state index contributed by atoms with van der Waals surface area (Å²) in [4.78, 5) is 30.2. The lowest BCUT2D eigenvalue weighted by Gasteiger charge is -2.32. The van der Waals surface area contributed by atoms with Crippen molar-refractivity contribution in [2.75, 3.05) is 6.54 Å². The molecule has 1 aliphatic rings. The number of carbonyl (C=O) groups excluding carboxylic acids is 2. The molecule has 0 heterocycles. The van der Waals surface area contributed by atoms with Crippen LogP contribution in [0.2, 0.25) is 0 Å². The molecule has 47 heavy (non-hydrogen) atoms. The Morgan fingerprint density at radius 2 is 1.23 bits per heavy atom. The quantitative estimate of drug-likeness (QED) is 0.118. The van der Waals surface area contributed by atoms with Crippen LogP contribution in [0.1, 0.15) is 44.9 Å². The van der Waals surface area contributed by atoms with Crippen LogP contribution in [-0.2, 0) is 35.5 Å². The van der Waals surface area contributed by atoms with Gasteiger partial charge in [0.1, 0.15) is 18.0 Å². The Kier molecular flexibility index (Phi) is 9.84. The Labute approximate surface area is 275 Å². The van der Waals surface area contributed by atoms with Crippen LogP contribution >= 0.6 is 0 Å². The molecule has 5 aromatic rings. The first-order valence-electron chi connectivity index (χ1n) is 15.8. The number of ether oxygens (including phenoxy) is 1. The van der Waals surface area contributed by atoms with Crippen molar-refractivity contribution in [2.24, 2.45) is 10.7 Å². The molecule has 0 spiro atoms. The first kappa shape index (κ1) is 31.5. The highest BCUT2D eigenvalue weighted by molar-refractivity contribution is 6.02. The zero-order valence-corrected chi connectivity index (χ0v) is 26.1. The van der Waals surface area contributed by atoms with E-state index < -0.39 is 11.6 Å². The first-order valence-corrected chi connectivity index (χ1v) is 15.8. The fourth-order valence-corrected chi connectivity index (χ4v) is 6.14. The molecule has 6 rings (SSSR count). The minimum atomic E-state index is -0.789. The third-order valence-electron chi connectivity index (χ3n) is 8.71. The summed E-state index contributed by atoms with van der Waals surface area (Å²) in [6.07, 6.45) is 0.467. The van der Waals surface area contributed by atoms with Gasteiger partial charge in [-0.15, -0.1) is 0 Å². The lowest BCUT2D eigenvalue weighted by atomic mass is 9.88. The van der Waals surface area contributed by atoms with Crippen LogP contribution in [-0.4, -0.2) is 29.9 Å². The average molecular weight is 623 g/mol. The summed E-state index contributed by atoms with van der Waals surface area (Å²) in [5.74, 6) is 0.109. The van der Waals surface area contributed by atoms with Gasteiger partial charge in [0.05, 0.1) is 0 Å². The number of fused-ring (bicyclic) bond motifs is 1. The van der Waals surface area contributed by atoms with Gasteiger partial charge in [0, 0.05) is 37.4 Å². The van der Waals surface area contributed by atoms with E-state index in [1.807, 2.05) is 66.7 Å². The molecule has 0 fully saturated rings.